The first-order valence-electron chi connectivity index (χ1n) is 6.02. The Hall–Kier alpha value is 0.0600. The summed E-state index contributed by atoms with van der Waals surface area (Å²) in [5.41, 5.74) is 0. The van der Waals surface area contributed by atoms with E-state index in [0.717, 1.165) is 19.3 Å². The molecule has 2 aliphatic heterocycles. The quantitative estimate of drug-likeness (QED) is 0.597. The number of ether oxygens (including phenoxy) is 2. The molecule has 5 unspecified atom stereocenters. The molecule has 98 valence electrons. The molecule has 1 spiro atoms. The molecule has 0 aromatic heterocycles. The van der Waals surface area contributed by atoms with E-state index < -0.39 is 24.1 Å². The average molecular weight is 307 g/mol. The van der Waals surface area contributed by atoms with Crippen LogP contribution in [0.4, 0.5) is 0 Å². The smallest absolute Gasteiger partial charge is 0.170 e. The Morgan fingerprint density at radius 1 is 1.47 bits per heavy atom. The Morgan fingerprint density at radius 2 is 2.24 bits per heavy atom. The first-order chi connectivity index (χ1) is 8.08. The van der Waals surface area contributed by atoms with Crippen molar-refractivity contribution in [2.75, 3.05) is 6.61 Å². The number of alkyl halides is 1. The number of halogens is 1. The zero-order valence-corrected chi connectivity index (χ0v) is 11.3. The molecule has 2 fully saturated rings. The second-order valence-electron chi connectivity index (χ2n) is 4.74. The summed E-state index contributed by atoms with van der Waals surface area (Å²) in [5.74, 6) is -0.652. The van der Waals surface area contributed by atoms with Gasteiger partial charge in [0.1, 0.15) is 12.2 Å². The van der Waals surface area contributed by atoms with Gasteiger partial charge in [-0.3, -0.25) is 0 Å². The van der Waals surface area contributed by atoms with Crippen LogP contribution in [0.25, 0.3) is 0 Å². The molecule has 2 heterocycles. The monoisotopic (exact) mass is 306 g/mol. The van der Waals surface area contributed by atoms with Crippen LogP contribution in [0.5, 0.6) is 0 Å². The van der Waals surface area contributed by atoms with E-state index in [1.165, 1.54) is 6.08 Å². The fraction of sp³-hybridized carbons (Fsp3) is 0.833. The van der Waals surface area contributed by atoms with Crippen LogP contribution in [0.2, 0.25) is 0 Å². The molecule has 2 rings (SSSR count). The molecular formula is C12H19BrO4. The molecule has 0 saturated carbocycles. The number of hydrogen-bond donors (Lipinski definition) is 2. The zero-order valence-electron chi connectivity index (χ0n) is 9.72. The molecular weight excluding hydrogens is 288 g/mol. The highest BCUT2D eigenvalue weighted by molar-refractivity contribution is 9.09. The fourth-order valence-corrected chi connectivity index (χ4v) is 3.27. The molecule has 5 atom stereocenters. The zero-order chi connectivity index (χ0) is 12.5. The normalized spacial score (nSPS) is 44.5. The maximum atomic E-state index is 10.0. The van der Waals surface area contributed by atoms with E-state index in [9.17, 15) is 10.2 Å². The third-order valence-electron chi connectivity index (χ3n) is 3.46. The minimum Gasteiger partial charge on any atom is -0.389 e. The van der Waals surface area contributed by atoms with Crippen molar-refractivity contribution in [1.82, 2.24) is 0 Å². The van der Waals surface area contributed by atoms with Crippen LogP contribution in [0.3, 0.4) is 0 Å². The van der Waals surface area contributed by atoms with Gasteiger partial charge in [0.05, 0.1) is 12.7 Å². The van der Waals surface area contributed by atoms with Crippen LogP contribution < -0.4 is 0 Å². The summed E-state index contributed by atoms with van der Waals surface area (Å²) in [6.07, 6.45) is 2.57. The molecule has 0 aromatic carbocycles. The summed E-state index contributed by atoms with van der Waals surface area (Å²) in [4.78, 5) is -0.131. The van der Waals surface area contributed by atoms with Gasteiger partial charge in [0.2, 0.25) is 0 Å². The maximum absolute atomic E-state index is 10.0. The second-order valence-corrected chi connectivity index (χ2v) is 5.91. The SMILES string of the molecule is C=CC(O)C1OC2(CCCCO2)CC(Br)C1O. The summed E-state index contributed by atoms with van der Waals surface area (Å²) in [7, 11) is 0. The minimum absolute atomic E-state index is 0.131. The van der Waals surface area contributed by atoms with E-state index in [4.69, 9.17) is 9.47 Å². The van der Waals surface area contributed by atoms with Crippen LogP contribution in [-0.2, 0) is 9.47 Å². The summed E-state index contributed by atoms with van der Waals surface area (Å²) in [6, 6.07) is 0. The minimum atomic E-state index is -0.882. The fourth-order valence-electron chi connectivity index (χ4n) is 2.48. The van der Waals surface area contributed by atoms with E-state index in [-0.39, 0.29) is 4.83 Å². The van der Waals surface area contributed by atoms with Crippen molar-refractivity contribution in [2.45, 2.75) is 54.6 Å². The molecule has 5 heteroatoms. The summed E-state index contributed by atoms with van der Waals surface area (Å²) in [5, 5.41) is 19.8. The molecule has 0 radical (unpaired) electrons. The van der Waals surface area contributed by atoms with E-state index in [1.54, 1.807) is 0 Å². The lowest BCUT2D eigenvalue weighted by atomic mass is 9.91. The lowest BCUT2D eigenvalue weighted by Crippen LogP contribution is -2.58. The molecule has 2 aliphatic rings. The summed E-state index contributed by atoms with van der Waals surface area (Å²) >= 11 is 3.45. The molecule has 0 aliphatic carbocycles. The maximum Gasteiger partial charge on any atom is 0.170 e. The number of rotatable bonds is 2. The molecule has 0 aromatic rings. The first kappa shape index (κ1) is 13.5. The second kappa shape index (κ2) is 5.36. The Balaban J connectivity index is 2.13. The molecule has 2 saturated heterocycles. The highest BCUT2D eigenvalue weighted by Gasteiger charge is 2.49. The van der Waals surface area contributed by atoms with E-state index >= 15 is 0 Å². The third kappa shape index (κ3) is 2.74. The number of aliphatic hydroxyl groups is 2. The molecule has 4 nitrogen and oxygen atoms in total. The van der Waals surface area contributed by atoms with Gasteiger partial charge in [-0.2, -0.15) is 0 Å². The van der Waals surface area contributed by atoms with Crippen molar-refractivity contribution in [3.8, 4) is 0 Å². The highest BCUT2D eigenvalue weighted by Crippen LogP contribution is 2.40. The molecule has 2 N–H and O–H groups in total. The van der Waals surface area contributed by atoms with Gasteiger partial charge in [-0.25, -0.2) is 0 Å². The van der Waals surface area contributed by atoms with Crippen LogP contribution >= 0.6 is 15.9 Å². The van der Waals surface area contributed by atoms with Crippen molar-refractivity contribution in [3.63, 3.8) is 0 Å². The largest absolute Gasteiger partial charge is 0.389 e. The third-order valence-corrected chi connectivity index (χ3v) is 4.32. The Morgan fingerprint density at radius 3 is 2.82 bits per heavy atom. The molecule has 0 amide bonds. The van der Waals surface area contributed by atoms with E-state index in [2.05, 4.69) is 22.5 Å². The Kier molecular flexibility index (Phi) is 4.26. The lowest BCUT2D eigenvalue weighted by Gasteiger charge is -2.47. The highest BCUT2D eigenvalue weighted by atomic mass is 79.9. The summed E-state index contributed by atoms with van der Waals surface area (Å²) in [6.45, 7) is 4.20. The van der Waals surface area contributed by atoms with Crippen LogP contribution in [0.15, 0.2) is 12.7 Å². The van der Waals surface area contributed by atoms with Gasteiger partial charge in [0.25, 0.3) is 0 Å². The van der Waals surface area contributed by atoms with Crippen molar-refractivity contribution in [1.29, 1.82) is 0 Å². The predicted molar refractivity (Wildman–Crippen MR) is 66.9 cm³/mol. The standard InChI is InChI=1S/C12H19BrO4/c1-2-9(14)11-10(15)8(13)7-12(17-11)5-3-4-6-16-12/h2,8-11,14-15H,1,3-7H2. The van der Waals surface area contributed by atoms with Crippen LogP contribution in [-0.4, -0.2) is 45.7 Å². The van der Waals surface area contributed by atoms with Gasteiger partial charge in [-0.05, 0) is 12.8 Å². The summed E-state index contributed by atoms with van der Waals surface area (Å²) < 4.78 is 11.6. The van der Waals surface area contributed by atoms with E-state index in [1.807, 2.05) is 0 Å². The topological polar surface area (TPSA) is 58.9 Å². The molecule has 17 heavy (non-hydrogen) atoms. The Labute approximate surface area is 110 Å². The van der Waals surface area contributed by atoms with Crippen molar-refractivity contribution < 1.29 is 19.7 Å². The van der Waals surface area contributed by atoms with Crippen LogP contribution in [0.1, 0.15) is 25.7 Å². The van der Waals surface area contributed by atoms with Crippen molar-refractivity contribution in [2.24, 2.45) is 0 Å². The van der Waals surface area contributed by atoms with Crippen molar-refractivity contribution in [3.05, 3.63) is 12.7 Å². The van der Waals surface area contributed by atoms with Gasteiger partial charge in [-0.15, -0.1) is 6.58 Å². The van der Waals surface area contributed by atoms with Crippen molar-refractivity contribution >= 4 is 15.9 Å². The Bertz CT molecular complexity index is 278. The van der Waals surface area contributed by atoms with Gasteiger partial charge >= 0.3 is 0 Å². The average Bonchev–Trinajstić information content (AvgIpc) is 2.34. The lowest BCUT2D eigenvalue weighted by molar-refractivity contribution is -0.319. The number of aliphatic hydroxyl groups excluding tert-OH is 2. The van der Waals surface area contributed by atoms with Crippen LogP contribution in [0, 0.1) is 0 Å². The van der Waals surface area contributed by atoms with Gasteiger partial charge < -0.3 is 19.7 Å². The van der Waals surface area contributed by atoms with E-state index in [0.29, 0.717) is 13.0 Å². The predicted octanol–water partition coefficient (Wildman–Crippen LogP) is 1.34. The molecule has 0 bridgehead atoms. The van der Waals surface area contributed by atoms with Gasteiger partial charge in [0, 0.05) is 17.7 Å². The number of hydrogen-bond acceptors (Lipinski definition) is 4. The van der Waals surface area contributed by atoms with Gasteiger partial charge in [-0.1, -0.05) is 22.0 Å². The first-order valence-corrected chi connectivity index (χ1v) is 6.94. The van der Waals surface area contributed by atoms with Gasteiger partial charge in [0.15, 0.2) is 5.79 Å².